The molecule has 0 saturated heterocycles. The third-order valence-corrected chi connectivity index (χ3v) is 3.32. The van der Waals surface area contributed by atoms with E-state index < -0.39 is 23.6 Å². The molecule has 0 spiro atoms. The van der Waals surface area contributed by atoms with Gasteiger partial charge in [-0.2, -0.15) is 0 Å². The zero-order chi connectivity index (χ0) is 16.1. The van der Waals surface area contributed by atoms with Crippen LogP contribution in [0.5, 0.6) is 0 Å². The minimum Gasteiger partial charge on any atom is -0.374 e. The van der Waals surface area contributed by atoms with Gasteiger partial charge in [-0.05, 0) is 43.2 Å². The number of carbonyl (C=O) groups excluding carboxylic acids is 1. The number of aryl methyl sites for hydroxylation is 1. The normalized spacial score (nSPS) is 11.8. The highest BCUT2D eigenvalue weighted by molar-refractivity contribution is 5.96. The number of amides is 1. The van der Waals surface area contributed by atoms with E-state index in [0.29, 0.717) is 0 Å². The summed E-state index contributed by atoms with van der Waals surface area (Å²) in [6.07, 6.45) is 0.940. The maximum Gasteiger partial charge on any atom is 0.246 e. The number of carbonyl (C=O) groups is 1. The van der Waals surface area contributed by atoms with E-state index in [2.05, 4.69) is 17.6 Å². The maximum absolute atomic E-state index is 13.5. The van der Waals surface area contributed by atoms with Gasteiger partial charge in [-0.25, -0.2) is 8.78 Å². The molecule has 0 aliphatic heterocycles. The third-order valence-electron chi connectivity index (χ3n) is 3.32. The Morgan fingerprint density at radius 3 is 2.45 bits per heavy atom. The molecular weight excluding hydrogens is 286 g/mol. The lowest BCUT2D eigenvalue weighted by Gasteiger charge is -2.16. The Labute approximate surface area is 128 Å². The van der Waals surface area contributed by atoms with Crippen molar-refractivity contribution in [3.8, 4) is 0 Å². The summed E-state index contributed by atoms with van der Waals surface area (Å²) in [5.74, 6) is -1.72. The van der Waals surface area contributed by atoms with Crippen molar-refractivity contribution in [1.29, 1.82) is 0 Å². The van der Waals surface area contributed by atoms with E-state index in [-0.39, 0.29) is 5.69 Å². The Balaban J connectivity index is 2.00. The molecule has 0 bridgehead atoms. The van der Waals surface area contributed by atoms with Gasteiger partial charge in [-0.1, -0.05) is 19.1 Å². The fourth-order valence-corrected chi connectivity index (χ4v) is 1.99. The van der Waals surface area contributed by atoms with Gasteiger partial charge in [0.1, 0.15) is 17.7 Å². The van der Waals surface area contributed by atoms with E-state index in [1.807, 2.05) is 24.3 Å². The standard InChI is InChI=1S/C17H18F2N2O/c1-3-12-4-7-14(8-5-12)20-11(2)17(22)21-16-10-13(18)6-9-15(16)19/h4-11,20H,3H2,1-2H3,(H,21,22). The Morgan fingerprint density at radius 2 is 1.82 bits per heavy atom. The average Bonchev–Trinajstić information content (AvgIpc) is 2.51. The van der Waals surface area contributed by atoms with Gasteiger partial charge < -0.3 is 10.6 Å². The molecule has 0 fully saturated rings. The number of halogens is 2. The van der Waals surface area contributed by atoms with Gasteiger partial charge in [0.05, 0.1) is 5.69 Å². The van der Waals surface area contributed by atoms with Crippen LogP contribution in [-0.2, 0) is 11.2 Å². The minimum absolute atomic E-state index is 0.167. The molecule has 0 radical (unpaired) electrons. The predicted molar refractivity (Wildman–Crippen MR) is 83.9 cm³/mol. The molecule has 0 aliphatic carbocycles. The molecule has 2 aromatic rings. The lowest BCUT2D eigenvalue weighted by atomic mass is 10.1. The van der Waals surface area contributed by atoms with Crippen LogP contribution in [-0.4, -0.2) is 11.9 Å². The second-order valence-electron chi connectivity index (χ2n) is 5.03. The fourth-order valence-electron chi connectivity index (χ4n) is 1.99. The molecule has 5 heteroatoms. The highest BCUT2D eigenvalue weighted by atomic mass is 19.1. The Kier molecular flexibility index (Phi) is 5.09. The molecule has 116 valence electrons. The van der Waals surface area contributed by atoms with Crippen LogP contribution in [0.2, 0.25) is 0 Å². The van der Waals surface area contributed by atoms with Crippen LogP contribution in [0.3, 0.4) is 0 Å². The first kappa shape index (κ1) is 15.9. The lowest BCUT2D eigenvalue weighted by Crippen LogP contribution is -2.32. The predicted octanol–water partition coefficient (Wildman–Crippen LogP) is 3.97. The summed E-state index contributed by atoms with van der Waals surface area (Å²) < 4.78 is 26.6. The van der Waals surface area contributed by atoms with E-state index in [1.54, 1.807) is 6.92 Å². The third kappa shape index (κ3) is 4.04. The van der Waals surface area contributed by atoms with Crippen LogP contribution in [0.4, 0.5) is 20.2 Å². The summed E-state index contributed by atoms with van der Waals surface area (Å²) in [6, 6.07) is 10.1. The van der Waals surface area contributed by atoms with Crippen molar-refractivity contribution in [2.75, 3.05) is 10.6 Å². The topological polar surface area (TPSA) is 41.1 Å². The molecule has 1 atom stereocenters. The smallest absolute Gasteiger partial charge is 0.246 e. The van der Waals surface area contributed by atoms with Gasteiger partial charge in [0.25, 0.3) is 0 Å². The van der Waals surface area contributed by atoms with Crippen molar-refractivity contribution >= 4 is 17.3 Å². The molecule has 0 aromatic heterocycles. The zero-order valence-electron chi connectivity index (χ0n) is 12.5. The summed E-state index contributed by atoms with van der Waals surface area (Å²) in [5, 5.41) is 5.40. The molecule has 0 aliphatic rings. The Bertz CT molecular complexity index is 656. The van der Waals surface area contributed by atoms with E-state index in [0.717, 1.165) is 30.3 Å². The van der Waals surface area contributed by atoms with Gasteiger partial charge in [0.15, 0.2) is 0 Å². The van der Waals surface area contributed by atoms with Crippen molar-refractivity contribution in [3.63, 3.8) is 0 Å². The maximum atomic E-state index is 13.5. The molecule has 2 aromatic carbocycles. The van der Waals surface area contributed by atoms with Crippen molar-refractivity contribution in [3.05, 3.63) is 59.7 Å². The first-order chi connectivity index (χ1) is 10.5. The molecule has 2 rings (SSSR count). The van der Waals surface area contributed by atoms with Crippen molar-refractivity contribution in [1.82, 2.24) is 0 Å². The van der Waals surface area contributed by atoms with Gasteiger partial charge >= 0.3 is 0 Å². The van der Waals surface area contributed by atoms with E-state index in [4.69, 9.17) is 0 Å². The molecule has 1 amide bonds. The molecule has 3 nitrogen and oxygen atoms in total. The number of nitrogens with one attached hydrogen (secondary N) is 2. The van der Waals surface area contributed by atoms with Crippen molar-refractivity contribution < 1.29 is 13.6 Å². The number of benzene rings is 2. The van der Waals surface area contributed by atoms with Crippen molar-refractivity contribution in [2.24, 2.45) is 0 Å². The van der Waals surface area contributed by atoms with Gasteiger partial charge in [-0.3, -0.25) is 4.79 Å². The molecule has 1 unspecified atom stereocenters. The molecular formula is C17H18F2N2O. The molecule has 0 heterocycles. The van der Waals surface area contributed by atoms with Crippen LogP contribution < -0.4 is 10.6 Å². The number of hydrogen-bond acceptors (Lipinski definition) is 2. The monoisotopic (exact) mass is 304 g/mol. The minimum atomic E-state index is -0.672. The first-order valence-electron chi connectivity index (χ1n) is 7.11. The van der Waals surface area contributed by atoms with Crippen LogP contribution in [0, 0.1) is 11.6 Å². The Hall–Kier alpha value is -2.43. The summed E-state index contributed by atoms with van der Waals surface area (Å²) in [6.45, 7) is 3.71. The van der Waals surface area contributed by atoms with Gasteiger partial charge in [0.2, 0.25) is 5.91 Å². The van der Waals surface area contributed by atoms with E-state index in [9.17, 15) is 13.6 Å². The average molecular weight is 304 g/mol. The lowest BCUT2D eigenvalue weighted by molar-refractivity contribution is -0.116. The van der Waals surface area contributed by atoms with E-state index in [1.165, 1.54) is 5.56 Å². The van der Waals surface area contributed by atoms with Gasteiger partial charge in [-0.15, -0.1) is 0 Å². The van der Waals surface area contributed by atoms with Gasteiger partial charge in [0, 0.05) is 11.8 Å². The second kappa shape index (κ2) is 7.02. The van der Waals surface area contributed by atoms with E-state index >= 15 is 0 Å². The highest BCUT2D eigenvalue weighted by Gasteiger charge is 2.15. The second-order valence-corrected chi connectivity index (χ2v) is 5.03. The van der Waals surface area contributed by atoms with Crippen molar-refractivity contribution in [2.45, 2.75) is 26.3 Å². The quantitative estimate of drug-likeness (QED) is 0.877. The van der Waals surface area contributed by atoms with Crippen LogP contribution in [0.25, 0.3) is 0 Å². The highest BCUT2D eigenvalue weighted by Crippen LogP contribution is 2.16. The first-order valence-corrected chi connectivity index (χ1v) is 7.11. The molecule has 22 heavy (non-hydrogen) atoms. The SMILES string of the molecule is CCc1ccc(NC(C)C(=O)Nc2cc(F)ccc2F)cc1. The largest absolute Gasteiger partial charge is 0.374 e. The number of rotatable bonds is 5. The number of hydrogen-bond donors (Lipinski definition) is 2. The zero-order valence-corrected chi connectivity index (χ0v) is 12.5. The van der Waals surface area contributed by atoms with Crippen LogP contribution in [0.1, 0.15) is 19.4 Å². The summed E-state index contributed by atoms with van der Waals surface area (Å²) in [7, 11) is 0. The molecule has 0 saturated carbocycles. The fraction of sp³-hybridized carbons (Fsp3) is 0.235. The van der Waals surface area contributed by atoms with Crippen LogP contribution in [0.15, 0.2) is 42.5 Å². The molecule has 2 N–H and O–H groups in total. The summed E-state index contributed by atoms with van der Waals surface area (Å²) >= 11 is 0. The summed E-state index contributed by atoms with van der Waals surface area (Å²) in [4.78, 5) is 12.0. The summed E-state index contributed by atoms with van der Waals surface area (Å²) in [5.41, 5.74) is 1.82. The van der Waals surface area contributed by atoms with Crippen LogP contribution >= 0.6 is 0 Å². The number of anilines is 2. The Morgan fingerprint density at radius 1 is 1.14 bits per heavy atom.